The Labute approximate surface area is 108 Å². The maximum atomic E-state index is 11.3. The molecule has 18 heavy (non-hydrogen) atoms. The van der Waals surface area contributed by atoms with Crippen LogP contribution in [-0.2, 0) is 4.74 Å². The van der Waals surface area contributed by atoms with Crippen molar-refractivity contribution in [1.29, 1.82) is 0 Å². The fourth-order valence-electron chi connectivity index (χ4n) is 2.26. The Morgan fingerprint density at radius 1 is 1.50 bits per heavy atom. The summed E-state index contributed by atoms with van der Waals surface area (Å²) in [6.07, 6.45) is 2.45. The smallest absolute Gasteiger partial charge is 0.161 e. The van der Waals surface area contributed by atoms with Gasteiger partial charge in [0.1, 0.15) is 0 Å². The molecule has 1 aliphatic rings. The molecule has 0 atom stereocenters. The van der Waals surface area contributed by atoms with Crippen molar-refractivity contribution < 1.29 is 9.53 Å². The average molecular weight is 248 g/mol. The summed E-state index contributed by atoms with van der Waals surface area (Å²) < 4.78 is 5.51. The van der Waals surface area contributed by atoms with Crippen molar-refractivity contribution in [1.82, 2.24) is 0 Å². The predicted molar refractivity (Wildman–Crippen MR) is 72.9 cm³/mol. The fraction of sp³-hybridized carbons (Fsp3) is 0.500. The van der Waals surface area contributed by atoms with E-state index in [0.717, 1.165) is 25.1 Å². The molecule has 1 aliphatic carbocycles. The summed E-state index contributed by atoms with van der Waals surface area (Å²) in [4.78, 5) is 11.3. The van der Waals surface area contributed by atoms with Crippen LogP contribution in [-0.4, -0.2) is 24.5 Å². The van der Waals surface area contributed by atoms with Crippen LogP contribution < -0.4 is 11.1 Å². The molecule has 0 radical (unpaired) electrons. The van der Waals surface area contributed by atoms with E-state index in [0.29, 0.717) is 23.4 Å². The summed E-state index contributed by atoms with van der Waals surface area (Å²) in [5, 5.41) is 3.40. The van der Waals surface area contributed by atoms with Gasteiger partial charge in [0.15, 0.2) is 5.78 Å². The third-order valence-corrected chi connectivity index (χ3v) is 3.30. The van der Waals surface area contributed by atoms with Crippen LogP contribution in [0.5, 0.6) is 0 Å². The van der Waals surface area contributed by atoms with Crippen LogP contribution in [0, 0.1) is 0 Å². The number of ether oxygens (including phenoxy) is 1. The van der Waals surface area contributed by atoms with Gasteiger partial charge >= 0.3 is 0 Å². The molecular formula is C14H20N2O2. The first-order valence-electron chi connectivity index (χ1n) is 6.38. The van der Waals surface area contributed by atoms with E-state index in [9.17, 15) is 4.79 Å². The number of rotatable bonds is 5. The lowest BCUT2D eigenvalue weighted by atomic mass is 9.89. The molecule has 1 saturated carbocycles. The zero-order chi connectivity index (χ0) is 13.1. The van der Waals surface area contributed by atoms with Gasteiger partial charge in [-0.1, -0.05) is 0 Å². The van der Waals surface area contributed by atoms with E-state index in [2.05, 4.69) is 5.32 Å². The highest BCUT2D eigenvalue weighted by Gasteiger charge is 2.29. The maximum Gasteiger partial charge on any atom is 0.161 e. The van der Waals surface area contributed by atoms with Crippen LogP contribution in [0.3, 0.4) is 0 Å². The summed E-state index contributed by atoms with van der Waals surface area (Å²) in [6.45, 7) is 4.32. The summed E-state index contributed by atoms with van der Waals surface area (Å²) in [5.74, 6) is -0.000830. The van der Waals surface area contributed by atoms with Gasteiger partial charge in [-0.15, -0.1) is 0 Å². The van der Waals surface area contributed by atoms with Gasteiger partial charge in [0, 0.05) is 29.6 Å². The minimum absolute atomic E-state index is 0.000830. The molecule has 0 bridgehead atoms. The van der Waals surface area contributed by atoms with Crippen molar-refractivity contribution in [3.8, 4) is 0 Å². The second-order valence-electron chi connectivity index (χ2n) is 4.75. The summed E-state index contributed by atoms with van der Waals surface area (Å²) in [7, 11) is 0. The third kappa shape index (κ3) is 2.82. The van der Waals surface area contributed by atoms with Crippen LogP contribution in [0.1, 0.15) is 37.0 Å². The molecule has 1 fully saturated rings. The molecule has 1 aromatic carbocycles. The SMILES string of the molecule is CCOC1CC(Nc2ccc(C(C)=O)c(N)c2)C1. The molecule has 4 heteroatoms. The monoisotopic (exact) mass is 248 g/mol. The van der Waals surface area contributed by atoms with Crippen LogP contribution in [0.25, 0.3) is 0 Å². The standard InChI is InChI=1S/C14H20N2O2/c1-3-18-12-6-11(7-12)16-10-4-5-13(9(2)17)14(15)8-10/h4-5,8,11-12,16H,3,6-7,15H2,1-2H3. The molecule has 4 nitrogen and oxygen atoms in total. The minimum atomic E-state index is -0.000830. The highest BCUT2D eigenvalue weighted by molar-refractivity contribution is 5.99. The van der Waals surface area contributed by atoms with Gasteiger partial charge in [0.25, 0.3) is 0 Å². The molecule has 0 heterocycles. The molecule has 0 spiro atoms. The van der Waals surface area contributed by atoms with Crippen LogP contribution in [0.4, 0.5) is 11.4 Å². The van der Waals surface area contributed by atoms with Crippen LogP contribution in [0.2, 0.25) is 0 Å². The van der Waals surface area contributed by atoms with Gasteiger partial charge in [-0.2, -0.15) is 0 Å². The fourth-order valence-corrected chi connectivity index (χ4v) is 2.26. The van der Waals surface area contributed by atoms with Crippen LogP contribution in [0.15, 0.2) is 18.2 Å². The molecule has 0 amide bonds. The zero-order valence-electron chi connectivity index (χ0n) is 10.9. The molecule has 0 aromatic heterocycles. The van der Waals surface area contributed by atoms with Crippen molar-refractivity contribution in [3.63, 3.8) is 0 Å². The van der Waals surface area contributed by atoms with Gasteiger partial charge in [-0.05, 0) is 44.9 Å². The summed E-state index contributed by atoms with van der Waals surface area (Å²) in [5.41, 5.74) is 7.94. The Morgan fingerprint density at radius 2 is 2.22 bits per heavy atom. The van der Waals surface area contributed by atoms with Crippen LogP contribution >= 0.6 is 0 Å². The number of carbonyl (C=O) groups excluding carboxylic acids is 1. The molecule has 0 aliphatic heterocycles. The van der Waals surface area contributed by atoms with Gasteiger partial charge in [-0.3, -0.25) is 4.79 Å². The molecule has 0 unspecified atom stereocenters. The van der Waals surface area contributed by atoms with E-state index in [1.807, 2.05) is 19.1 Å². The van der Waals surface area contributed by atoms with Gasteiger partial charge in [0.2, 0.25) is 0 Å². The van der Waals surface area contributed by atoms with Crippen molar-refractivity contribution in [3.05, 3.63) is 23.8 Å². The quantitative estimate of drug-likeness (QED) is 0.620. The van der Waals surface area contributed by atoms with Crippen molar-refractivity contribution in [2.45, 2.75) is 38.8 Å². The van der Waals surface area contributed by atoms with E-state index in [-0.39, 0.29) is 5.78 Å². The highest BCUT2D eigenvalue weighted by atomic mass is 16.5. The summed E-state index contributed by atoms with van der Waals surface area (Å²) >= 11 is 0. The molecule has 2 rings (SSSR count). The number of benzene rings is 1. The molecule has 1 aromatic rings. The number of nitrogen functional groups attached to an aromatic ring is 1. The highest BCUT2D eigenvalue weighted by Crippen LogP contribution is 2.28. The van der Waals surface area contributed by atoms with E-state index < -0.39 is 0 Å². The lowest BCUT2D eigenvalue weighted by Gasteiger charge is -2.36. The number of carbonyl (C=O) groups is 1. The minimum Gasteiger partial charge on any atom is -0.398 e. The zero-order valence-corrected chi connectivity index (χ0v) is 10.9. The number of nitrogens with two attached hydrogens (primary N) is 1. The number of hydrogen-bond acceptors (Lipinski definition) is 4. The lowest BCUT2D eigenvalue weighted by molar-refractivity contribution is 0.00299. The van der Waals surface area contributed by atoms with E-state index in [4.69, 9.17) is 10.5 Å². The van der Waals surface area contributed by atoms with E-state index in [1.165, 1.54) is 6.92 Å². The summed E-state index contributed by atoms with van der Waals surface area (Å²) in [6, 6.07) is 5.95. The lowest BCUT2D eigenvalue weighted by Crippen LogP contribution is -2.40. The van der Waals surface area contributed by atoms with Gasteiger partial charge < -0.3 is 15.8 Å². The Kier molecular flexibility index (Phi) is 3.87. The van der Waals surface area contributed by atoms with E-state index >= 15 is 0 Å². The van der Waals surface area contributed by atoms with Crippen molar-refractivity contribution >= 4 is 17.2 Å². The second kappa shape index (κ2) is 5.40. The Morgan fingerprint density at radius 3 is 2.78 bits per heavy atom. The Bertz CT molecular complexity index is 439. The molecule has 0 saturated heterocycles. The number of hydrogen-bond donors (Lipinski definition) is 2. The molecule has 98 valence electrons. The maximum absolute atomic E-state index is 11.3. The first-order chi connectivity index (χ1) is 8.60. The number of anilines is 2. The topological polar surface area (TPSA) is 64.3 Å². The Hall–Kier alpha value is -1.55. The number of nitrogens with one attached hydrogen (secondary N) is 1. The number of ketones is 1. The van der Waals surface area contributed by atoms with Gasteiger partial charge in [-0.25, -0.2) is 0 Å². The van der Waals surface area contributed by atoms with Gasteiger partial charge in [0.05, 0.1) is 6.10 Å². The normalized spacial score (nSPS) is 22.3. The molecular weight excluding hydrogens is 228 g/mol. The van der Waals surface area contributed by atoms with E-state index in [1.54, 1.807) is 6.07 Å². The average Bonchev–Trinajstić information content (AvgIpc) is 2.26. The number of Topliss-reactive ketones (excluding diaryl/α,β-unsaturated/α-hetero) is 1. The first kappa shape index (κ1) is 12.9. The Balaban J connectivity index is 1.92. The molecule has 3 N–H and O–H groups in total. The van der Waals surface area contributed by atoms with Crippen molar-refractivity contribution in [2.75, 3.05) is 17.7 Å². The van der Waals surface area contributed by atoms with Crippen molar-refractivity contribution in [2.24, 2.45) is 0 Å². The second-order valence-corrected chi connectivity index (χ2v) is 4.75. The third-order valence-electron chi connectivity index (χ3n) is 3.30. The first-order valence-corrected chi connectivity index (χ1v) is 6.38. The largest absolute Gasteiger partial charge is 0.398 e. The predicted octanol–water partition coefficient (Wildman–Crippen LogP) is 2.45.